The Balaban J connectivity index is 2.01. The summed E-state index contributed by atoms with van der Waals surface area (Å²) < 4.78 is 32.3. The van der Waals surface area contributed by atoms with E-state index in [1.165, 1.54) is 0 Å². The Bertz CT molecular complexity index is 947. The van der Waals surface area contributed by atoms with E-state index in [9.17, 15) is 18.0 Å². The van der Waals surface area contributed by atoms with Gasteiger partial charge in [0.2, 0.25) is 15.9 Å². The third-order valence-corrected chi connectivity index (χ3v) is 7.65. The molecule has 1 aromatic rings. The zero-order chi connectivity index (χ0) is 23.6. The number of ether oxygens (including phenoxy) is 1. The van der Waals surface area contributed by atoms with E-state index in [0.717, 1.165) is 10.6 Å². The zero-order valence-corrected chi connectivity index (χ0v) is 23.1. The van der Waals surface area contributed by atoms with Crippen LogP contribution >= 0.6 is 50.1 Å². The molecule has 31 heavy (non-hydrogen) atoms. The van der Waals surface area contributed by atoms with E-state index in [1.807, 2.05) is 43.4 Å². The molecule has 0 spiro atoms. The number of amides is 2. The quantitative estimate of drug-likeness (QED) is 0.384. The van der Waals surface area contributed by atoms with Crippen molar-refractivity contribution in [3.63, 3.8) is 0 Å². The summed E-state index contributed by atoms with van der Waals surface area (Å²) in [5, 5.41) is 3.33. The molecule has 2 amide bonds. The topological polar surface area (TPSA) is 96.0 Å². The van der Waals surface area contributed by atoms with Crippen molar-refractivity contribution in [2.24, 2.45) is 0 Å². The maximum atomic E-state index is 12.6. The molecule has 12 heteroatoms. The van der Waals surface area contributed by atoms with Gasteiger partial charge in [0.15, 0.2) is 0 Å². The third kappa shape index (κ3) is 7.93. The van der Waals surface area contributed by atoms with E-state index in [4.69, 9.17) is 16.3 Å². The van der Waals surface area contributed by atoms with Crippen LogP contribution in [0.15, 0.2) is 16.6 Å². The number of hydrogen-bond donors (Lipinski definition) is 1. The predicted molar refractivity (Wildman–Crippen MR) is 133 cm³/mol. The van der Waals surface area contributed by atoms with Gasteiger partial charge in [-0.25, -0.2) is 13.2 Å². The van der Waals surface area contributed by atoms with Crippen molar-refractivity contribution in [3.05, 3.63) is 25.2 Å². The normalized spacial score (nSPS) is 15.5. The molecule has 1 aliphatic heterocycles. The number of rotatable bonds is 5. The Kier molecular flexibility index (Phi) is 8.90. The molecule has 1 aliphatic rings. The Labute approximate surface area is 210 Å². The minimum Gasteiger partial charge on any atom is -0.444 e. The van der Waals surface area contributed by atoms with Crippen LogP contribution < -0.4 is 9.62 Å². The predicted octanol–water partition coefficient (Wildman–Crippen LogP) is 3.99. The summed E-state index contributed by atoms with van der Waals surface area (Å²) in [5.41, 5.74) is -0.194. The second kappa shape index (κ2) is 10.4. The van der Waals surface area contributed by atoms with Gasteiger partial charge in [0.25, 0.3) is 0 Å². The Morgan fingerprint density at radius 3 is 2.42 bits per heavy atom. The second-order valence-corrected chi connectivity index (χ2v) is 12.6. The number of nitrogens with one attached hydrogen (secondary N) is 1. The number of benzene rings is 1. The first-order chi connectivity index (χ1) is 14.2. The number of halogens is 3. The number of sulfonamides is 1. The monoisotopic (exact) mass is 649 g/mol. The number of anilines is 1. The van der Waals surface area contributed by atoms with Gasteiger partial charge in [-0.2, -0.15) is 0 Å². The molecule has 174 valence electrons. The molecule has 0 bridgehead atoms. The summed E-state index contributed by atoms with van der Waals surface area (Å²) in [6.07, 6.45) is 1.81. The molecule has 1 N–H and O–H groups in total. The summed E-state index contributed by atoms with van der Waals surface area (Å²) in [6, 6.07) is 3.06. The molecule has 0 saturated carbocycles. The fourth-order valence-corrected chi connectivity index (χ4v) is 5.48. The van der Waals surface area contributed by atoms with E-state index in [1.54, 1.807) is 17.0 Å². The van der Waals surface area contributed by atoms with Gasteiger partial charge in [0, 0.05) is 27.2 Å². The van der Waals surface area contributed by atoms with E-state index in [2.05, 4.69) is 21.2 Å². The molecule has 0 radical (unpaired) electrons. The SMILES string of the molecule is CC(C)(C)OC(=O)N1CCC(NC(=O)CN(c2cc(Br)c(Cl)cc2I)S(C)(=O)=O)CC1. The summed E-state index contributed by atoms with van der Waals surface area (Å²) >= 11 is 11.4. The number of likely N-dealkylation sites (tertiary alicyclic amines) is 1. The number of hydrogen-bond acceptors (Lipinski definition) is 5. The fourth-order valence-electron chi connectivity index (χ4n) is 3.02. The smallest absolute Gasteiger partial charge is 0.410 e. The second-order valence-electron chi connectivity index (χ2n) is 8.30. The number of carbonyl (C=O) groups is 2. The number of carbonyl (C=O) groups excluding carboxylic acids is 2. The lowest BCUT2D eigenvalue weighted by atomic mass is 10.1. The minimum atomic E-state index is -3.71. The summed E-state index contributed by atoms with van der Waals surface area (Å²) in [4.78, 5) is 26.4. The molecule has 0 aliphatic carbocycles. The highest BCUT2D eigenvalue weighted by atomic mass is 127. The van der Waals surface area contributed by atoms with Gasteiger partial charge in [-0.15, -0.1) is 0 Å². The molecular formula is C19H26BrClIN3O5S. The average Bonchev–Trinajstić information content (AvgIpc) is 2.61. The van der Waals surface area contributed by atoms with Crippen molar-refractivity contribution in [2.45, 2.75) is 45.3 Å². The molecule has 1 saturated heterocycles. The minimum absolute atomic E-state index is 0.149. The zero-order valence-electron chi connectivity index (χ0n) is 17.7. The largest absolute Gasteiger partial charge is 0.444 e. The highest BCUT2D eigenvalue weighted by molar-refractivity contribution is 14.1. The van der Waals surface area contributed by atoms with Crippen LogP contribution in [0, 0.1) is 3.57 Å². The van der Waals surface area contributed by atoms with Crippen molar-refractivity contribution in [1.29, 1.82) is 0 Å². The standard InChI is InChI=1S/C19H26BrClIN3O5S/c1-19(2,3)30-18(27)24-7-5-12(6-8-24)23-17(26)11-25(31(4,28)29)16-9-13(20)14(21)10-15(16)22/h9-10,12H,5-8,11H2,1-4H3,(H,23,26). The summed E-state index contributed by atoms with van der Waals surface area (Å²) in [7, 11) is -3.71. The lowest BCUT2D eigenvalue weighted by Gasteiger charge is -2.34. The molecule has 0 atom stereocenters. The van der Waals surface area contributed by atoms with E-state index in [0.29, 0.717) is 44.7 Å². The van der Waals surface area contributed by atoms with Crippen LogP contribution in [0.25, 0.3) is 0 Å². The lowest BCUT2D eigenvalue weighted by molar-refractivity contribution is -0.120. The van der Waals surface area contributed by atoms with Gasteiger partial charge in [-0.05, 0) is 84.3 Å². The van der Waals surface area contributed by atoms with Gasteiger partial charge in [0.1, 0.15) is 12.1 Å². The molecule has 0 unspecified atom stereocenters. The van der Waals surface area contributed by atoms with Crippen molar-refractivity contribution >= 4 is 77.8 Å². The van der Waals surface area contributed by atoms with Crippen LogP contribution in [0.3, 0.4) is 0 Å². The maximum Gasteiger partial charge on any atom is 0.410 e. The summed E-state index contributed by atoms with van der Waals surface area (Å²) in [5.74, 6) is -0.414. The Hall–Kier alpha value is -0.790. The van der Waals surface area contributed by atoms with Crippen molar-refractivity contribution < 1.29 is 22.7 Å². The Morgan fingerprint density at radius 2 is 1.90 bits per heavy atom. The van der Waals surface area contributed by atoms with Crippen LogP contribution in [0.2, 0.25) is 5.02 Å². The van der Waals surface area contributed by atoms with Gasteiger partial charge in [-0.3, -0.25) is 9.10 Å². The molecule has 1 fully saturated rings. The Morgan fingerprint density at radius 1 is 1.32 bits per heavy atom. The van der Waals surface area contributed by atoms with Gasteiger partial charge >= 0.3 is 6.09 Å². The van der Waals surface area contributed by atoms with Crippen LogP contribution in [0.4, 0.5) is 10.5 Å². The van der Waals surface area contributed by atoms with E-state index >= 15 is 0 Å². The van der Waals surface area contributed by atoms with E-state index < -0.39 is 21.5 Å². The van der Waals surface area contributed by atoms with Crippen LogP contribution in [-0.4, -0.2) is 62.9 Å². The third-order valence-electron chi connectivity index (χ3n) is 4.46. The van der Waals surface area contributed by atoms with Crippen molar-refractivity contribution in [1.82, 2.24) is 10.2 Å². The van der Waals surface area contributed by atoms with E-state index in [-0.39, 0.29) is 18.7 Å². The maximum absolute atomic E-state index is 12.6. The van der Waals surface area contributed by atoms with Crippen LogP contribution in [0.1, 0.15) is 33.6 Å². The molecular weight excluding hydrogens is 625 g/mol. The fraction of sp³-hybridized carbons (Fsp3) is 0.579. The highest BCUT2D eigenvalue weighted by Gasteiger charge is 2.29. The summed E-state index contributed by atoms with van der Waals surface area (Å²) in [6.45, 7) is 5.99. The van der Waals surface area contributed by atoms with Gasteiger partial charge in [-0.1, -0.05) is 11.6 Å². The molecule has 1 heterocycles. The molecule has 8 nitrogen and oxygen atoms in total. The molecule has 2 rings (SSSR count). The first-order valence-electron chi connectivity index (χ1n) is 9.57. The van der Waals surface area contributed by atoms with Crippen molar-refractivity contribution in [2.75, 3.05) is 30.2 Å². The lowest BCUT2D eigenvalue weighted by Crippen LogP contribution is -2.50. The number of piperidine rings is 1. The van der Waals surface area contributed by atoms with Crippen molar-refractivity contribution in [3.8, 4) is 0 Å². The first kappa shape index (κ1) is 26.5. The highest BCUT2D eigenvalue weighted by Crippen LogP contribution is 2.33. The van der Waals surface area contributed by atoms with Gasteiger partial charge < -0.3 is 15.0 Å². The number of nitrogens with zero attached hydrogens (tertiary/aromatic N) is 2. The first-order valence-corrected chi connectivity index (χ1v) is 13.7. The molecule has 1 aromatic carbocycles. The average molecular weight is 651 g/mol. The van der Waals surface area contributed by atoms with Crippen LogP contribution in [0.5, 0.6) is 0 Å². The van der Waals surface area contributed by atoms with Crippen LogP contribution in [-0.2, 0) is 19.6 Å². The van der Waals surface area contributed by atoms with Gasteiger partial charge in [0.05, 0.1) is 17.0 Å². The molecule has 0 aromatic heterocycles.